The number of hydrogen-bond donors (Lipinski definition) is 1. The summed E-state index contributed by atoms with van der Waals surface area (Å²) in [5.74, 6) is -0.189. The van der Waals surface area contributed by atoms with Gasteiger partial charge >= 0.3 is 0 Å². The summed E-state index contributed by atoms with van der Waals surface area (Å²) in [6.45, 7) is 8.84. The van der Waals surface area contributed by atoms with Gasteiger partial charge in [0.1, 0.15) is 6.04 Å². The maximum absolute atomic E-state index is 13.7. The molecule has 36 heavy (non-hydrogen) atoms. The van der Waals surface area contributed by atoms with Crippen molar-refractivity contribution in [3.05, 3.63) is 34.2 Å². The number of rotatable bonds is 6. The van der Waals surface area contributed by atoms with Crippen LogP contribution in [0.15, 0.2) is 24.3 Å². The highest BCUT2D eigenvalue weighted by molar-refractivity contribution is 7.20. The maximum Gasteiger partial charge on any atom is 0.262 e. The van der Waals surface area contributed by atoms with E-state index in [0.717, 1.165) is 49.4 Å². The minimum absolute atomic E-state index is 0.0158. The highest BCUT2D eigenvalue weighted by Gasteiger charge is 2.33. The summed E-state index contributed by atoms with van der Waals surface area (Å²) in [5.41, 5.74) is 0. The number of nitrogens with zero attached hydrogens (tertiary/aromatic N) is 4. The molecule has 0 unspecified atom stereocenters. The number of halogens is 1. The number of ether oxygens (including phenoxy) is 1. The maximum atomic E-state index is 13.7. The number of fused-ring (bicyclic) bond motifs is 1. The number of carbonyl (C=O) groups excluding carboxylic acids is 2. The zero-order valence-corrected chi connectivity index (χ0v) is 22.5. The second-order valence-electron chi connectivity index (χ2n) is 10.1. The molecule has 0 saturated carbocycles. The molecule has 1 aromatic carbocycles. The lowest BCUT2D eigenvalue weighted by Crippen LogP contribution is -2.59. The highest BCUT2D eigenvalue weighted by atomic mass is 35.5. The number of likely N-dealkylation sites (tertiary alicyclic amines) is 1. The number of hydrogen-bond acceptors (Lipinski definition) is 7. The molecule has 1 aromatic heterocycles. The van der Waals surface area contributed by atoms with Crippen molar-refractivity contribution in [2.45, 2.75) is 24.9 Å². The Bertz CT molecular complexity index is 1060. The number of piperidine rings is 1. The fraction of sp³-hybridized carbons (Fsp3) is 0.615. The Hall–Kier alpha value is -1.75. The number of morpholine rings is 1. The number of amides is 2. The third kappa shape index (κ3) is 6.20. The zero-order valence-electron chi connectivity index (χ0n) is 21.0. The number of carbonyl (C=O) groups is 2. The predicted molar refractivity (Wildman–Crippen MR) is 144 cm³/mol. The van der Waals surface area contributed by atoms with E-state index in [1.165, 1.54) is 24.2 Å². The quantitative estimate of drug-likeness (QED) is 0.614. The standard InChI is InChI=1S/C26H36ClN5O3S/c1-29-6-4-21(5-7-29)31-8-10-32(11-9-31)26(34)22(18-30-12-14-35-15-13-30)28-25(33)24-16-19-2-3-20(27)17-23(19)36-24/h2-3,16-17,21-22H,4-15,18H2,1H3,(H,28,33)/t22-/m1/s1. The first-order valence-electron chi connectivity index (χ1n) is 13.0. The van der Waals surface area contributed by atoms with Crippen molar-refractivity contribution in [2.24, 2.45) is 0 Å². The van der Waals surface area contributed by atoms with Crippen molar-refractivity contribution < 1.29 is 14.3 Å². The zero-order chi connectivity index (χ0) is 25.1. The lowest BCUT2D eigenvalue weighted by Gasteiger charge is -2.43. The van der Waals surface area contributed by atoms with Gasteiger partial charge in [-0.15, -0.1) is 11.3 Å². The Labute approximate surface area is 222 Å². The van der Waals surface area contributed by atoms with Crippen LogP contribution in [0.4, 0.5) is 0 Å². The number of piperazine rings is 1. The molecule has 1 atom stereocenters. The van der Waals surface area contributed by atoms with E-state index in [4.69, 9.17) is 16.3 Å². The summed E-state index contributed by atoms with van der Waals surface area (Å²) in [6.07, 6.45) is 2.39. The van der Waals surface area contributed by atoms with Gasteiger partial charge in [-0.25, -0.2) is 0 Å². The van der Waals surface area contributed by atoms with Crippen LogP contribution in [0.2, 0.25) is 5.02 Å². The van der Waals surface area contributed by atoms with Crippen LogP contribution >= 0.6 is 22.9 Å². The van der Waals surface area contributed by atoms with E-state index in [2.05, 4.69) is 27.1 Å². The Balaban J connectivity index is 1.24. The second-order valence-corrected chi connectivity index (χ2v) is 11.6. The molecule has 3 aliphatic heterocycles. The van der Waals surface area contributed by atoms with E-state index in [1.807, 2.05) is 29.2 Å². The summed E-state index contributed by atoms with van der Waals surface area (Å²) in [7, 11) is 2.18. The van der Waals surface area contributed by atoms with Crippen molar-refractivity contribution in [3.8, 4) is 0 Å². The predicted octanol–water partition coefficient (Wildman–Crippen LogP) is 2.22. The number of nitrogens with one attached hydrogen (secondary N) is 1. The molecular weight excluding hydrogens is 498 g/mol. The van der Waals surface area contributed by atoms with Gasteiger partial charge in [0.2, 0.25) is 5.91 Å². The van der Waals surface area contributed by atoms with Crippen LogP contribution < -0.4 is 5.32 Å². The molecule has 0 spiro atoms. The molecular formula is C26H36ClN5O3S. The Morgan fingerprint density at radius 1 is 1.06 bits per heavy atom. The average Bonchev–Trinajstić information content (AvgIpc) is 3.32. The van der Waals surface area contributed by atoms with Gasteiger partial charge in [0.15, 0.2) is 0 Å². The van der Waals surface area contributed by atoms with Crippen molar-refractivity contribution >= 4 is 44.8 Å². The Morgan fingerprint density at radius 3 is 2.50 bits per heavy atom. The Kier molecular flexibility index (Phi) is 8.45. The molecule has 0 bridgehead atoms. The first kappa shape index (κ1) is 25.9. The van der Waals surface area contributed by atoms with Gasteiger partial charge in [-0.2, -0.15) is 0 Å². The fourth-order valence-electron chi connectivity index (χ4n) is 5.46. The molecule has 4 heterocycles. The van der Waals surface area contributed by atoms with Crippen LogP contribution in [0.25, 0.3) is 10.1 Å². The number of thiophene rings is 1. The van der Waals surface area contributed by atoms with E-state index >= 15 is 0 Å². The molecule has 2 amide bonds. The van der Waals surface area contributed by atoms with Gasteiger partial charge in [-0.1, -0.05) is 17.7 Å². The van der Waals surface area contributed by atoms with Crippen LogP contribution in [0, 0.1) is 0 Å². The average molecular weight is 534 g/mol. The summed E-state index contributed by atoms with van der Waals surface area (Å²) in [5, 5.41) is 4.71. The largest absolute Gasteiger partial charge is 0.379 e. The minimum atomic E-state index is -0.584. The summed E-state index contributed by atoms with van der Waals surface area (Å²) >= 11 is 7.53. The molecule has 0 aliphatic carbocycles. The first-order valence-corrected chi connectivity index (χ1v) is 14.2. The van der Waals surface area contributed by atoms with E-state index in [1.54, 1.807) is 0 Å². The van der Waals surface area contributed by atoms with E-state index in [-0.39, 0.29) is 11.8 Å². The molecule has 3 aliphatic rings. The Morgan fingerprint density at radius 2 is 1.78 bits per heavy atom. The second kappa shape index (κ2) is 11.8. The third-order valence-electron chi connectivity index (χ3n) is 7.68. The molecule has 3 saturated heterocycles. The van der Waals surface area contributed by atoms with Crippen molar-refractivity contribution in [1.82, 2.24) is 24.9 Å². The molecule has 8 nitrogen and oxygen atoms in total. The third-order valence-corrected chi connectivity index (χ3v) is 9.02. The molecule has 196 valence electrons. The first-order chi connectivity index (χ1) is 17.5. The van der Waals surface area contributed by atoms with E-state index in [9.17, 15) is 9.59 Å². The van der Waals surface area contributed by atoms with Crippen LogP contribution in [0.3, 0.4) is 0 Å². The topological polar surface area (TPSA) is 68.4 Å². The van der Waals surface area contributed by atoms with Gasteiger partial charge in [0, 0.05) is 61.6 Å². The van der Waals surface area contributed by atoms with Gasteiger partial charge in [-0.3, -0.25) is 19.4 Å². The van der Waals surface area contributed by atoms with E-state index < -0.39 is 6.04 Å². The van der Waals surface area contributed by atoms with Crippen LogP contribution in [0.5, 0.6) is 0 Å². The van der Waals surface area contributed by atoms with Crippen molar-refractivity contribution in [2.75, 3.05) is 79.2 Å². The normalized spacial score (nSPS) is 22.1. The van der Waals surface area contributed by atoms with Crippen LogP contribution in [-0.4, -0.2) is 123 Å². The monoisotopic (exact) mass is 533 g/mol. The molecule has 1 N–H and O–H groups in total. The lowest BCUT2D eigenvalue weighted by molar-refractivity contribution is -0.136. The molecule has 3 fully saturated rings. The highest BCUT2D eigenvalue weighted by Crippen LogP contribution is 2.28. The molecule has 2 aromatic rings. The van der Waals surface area contributed by atoms with Gasteiger partial charge in [-0.05, 0) is 56.6 Å². The van der Waals surface area contributed by atoms with Crippen molar-refractivity contribution in [3.63, 3.8) is 0 Å². The summed E-state index contributed by atoms with van der Waals surface area (Å²) in [4.78, 5) is 36.7. The van der Waals surface area contributed by atoms with E-state index in [0.29, 0.717) is 48.8 Å². The van der Waals surface area contributed by atoms with Crippen LogP contribution in [-0.2, 0) is 9.53 Å². The summed E-state index contributed by atoms with van der Waals surface area (Å²) in [6, 6.07) is 7.53. The molecule has 0 radical (unpaired) electrons. The van der Waals surface area contributed by atoms with Gasteiger partial charge in [0.05, 0.1) is 18.1 Å². The summed E-state index contributed by atoms with van der Waals surface area (Å²) < 4.78 is 6.45. The fourth-order valence-corrected chi connectivity index (χ4v) is 6.70. The number of benzene rings is 1. The minimum Gasteiger partial charge on any atom is -0.379 e. The molecule has 10 heteroatoms. The van der Waals surface area contributed by atoms with Gasteiger partial charge in [0.25, 0.3) is 5.91 Å². The lowest BCUT2D eigenvalue weighted by atomic mass is 10.0. The van der Waals surface area contributed by atoms with Gasteiger partial charge < -0.3 is 19.9 Å². The van der Waals surface area contributed by atoms with Crippen LogP contribution in [0.1, 0.15) is 22.5 Å². The smallest absolute Gasteiger partial charge is 0.262 e. The molecule has 5 rings (SSSR count). The van der Waals surface area contributed by atoms with Crippen molar-refractivity contribution in [1.29, 1.82) is 0 Å². The SMILES string of the molecule is CN1CCC(N2CCN(C(=O)[C@@H](CN3CCOCC3)NC(=O)c3cc4ccc(Cl)cc4s3)CC2)CC1.